The Kier molecular flexibility index (Phi) is 4.06. The van der Waals surface area contributed by atoms with Gasteiger partial charge in [-0.1, -0.05) is 5.16 Å². The summed E-state index contributed by atoms with van der Waals surface area (Å²) < 4.78 is 4.80. The molecular formula is C11H19N3O2. The van der Waals surface area contributed by atoms with Crippen molar-refractivity contribution in [1.29, 1.82) is 0 Å². The number of aromatic nitrogens is 1. The van der Waals surface area contributed by atoms with E-state index in [1.54, 1.807) is 6.26 Å². The van der Waals surface area contributed by atoms with Crippen LogP contribution in [0.1, 0.15) is 31.5 Å². The maximum Gasteiger partial charge on any atom is 0.220 e. The lowest BCUT2D eigenvalue weighted by atomic mass is 10.1. The van der Waals surface area contributed by atoms with Crippen LogP contribution in [0.15, 0.2) is 10.8 Å². The summed E-state index contributed by atoms with van der Waals surface area (Å²) in [5.74, 6) is -0.00366. The monoisotopic (exact) mass is 225 g/mol. The van der Waals surface area contributed by atoms with Crippen molar-refractivity contribution in [2.75, 3.05) is 6.54 Å². The fraction of sp³-hybridized carbons (Fsp3) is 0.636. The van der Waals surface area contributed by atoms with Crippen molar-refractivity contribution < 1.29 is 9.32 Å². The number of hydrogen-bond acceptors (Lipinski definition) is 4. The average Bonchev–Trinajstić information content (AvgIpc) is 2.60. The van der Waals surface area contributed by atoms with Gasteiger partial charge in [0.05, 0.1) is 5.69 Å². The standard InChI is InChI=1S/C11H19N3O2/c1-8-9(6-16-14-8)4-5-10(15)13-11(2,3)7-12/h6H,4-5,7,12H2,1-3H3,(H,13,15). The normalized spacial score (nSPS) is 11.5. The van der Waals surface area contributed by atoms with Crippen LogP contribution in [0.25, 0.3) is 0 Å². The first kappa shape index (κ1) is 12.7. The number of nitrogens with zero attached hydrogens (tertiary/aromatic N) is 1. The van der Waals surface area contributed by atoms with E-state index in [0.29, 0.717) is 19.4 Å². The molecule has 1 amide bonds. The van der Waals surface area contributed by atoms with Gasteiger partial charge in [0.25, 0.3) is 0 Å². The summed E-state index contributed by atoms with van der Waals surface area (Å²) in [5, 5.41) is 6.63. The predicted molar refractivity (Wildman–Crippen MR) is 60.8 cm³/mol. The van der Waals surface area contributed by atoms with Gasteiger partial charge in [-0.05, 0) is 27.2 Å². The molecule has 90 valence electrons. The topological polar surface area (TPSA) is 81.2 Å². The molecule has 3 N–H and O–H groups in total. The van der Waals surface area contributed by atoms with E-state index in [9.17, 15) is 4.79 Å². The lowest BCUT2D eigenvalue weighted by molar-refractivity contribution is -0.122. The summed E-state index contributed by atoms with van der Waals surface area (Å²) in [6.45, 7) is 6.08. The SMILES string of the molecule is Cc1nocc1CCC(=O)NC(C)(C)CN. The van der Waals surface area contributed by atoms with Crippen molar-refractivity contribution in [1.82, 2.24) is 10.5 Å². The molecule has 0 unspecified atom stereocenters. The zero-order chi connectivity index (χ0) is 12.2. The molecule has 0 spiro atoms. The fourth-order valence-corrected chi connectivity index (χ4v) is 1.29. The number of hydrogen-bond donors (Lipinski definition) is 2. The van der Waals surface area contributed by atoms with Gasteiger partial charge >= 0.3 is 0 Å². The van der Waals surface area contributed by atoms with E-state index in [4.69, 9.17) is 10.3 Å². The van der Waals surface area contributed by atoms with Crippen LogP contribution in [0.3, 0.4) is 0 Å². The van der Waals surface area contributed by atoms with E-state index in [-0.39, 0.29) is 11.4 Å². The molecule has 1 aromatic heterocycles. The first-order valence-corrected chi connectivity index (χ1v) is 5.35. The average molecular weight is 225 g/mol. The Labute approximate surface area is 95.4 Å². The van der Waals surface area contributed by atoms with E-state index in [1.807, 2.05) is 20.8 Å². The Morgan fingerprint density at radius 2 is 2.31 bits per heavy atom. The molecule has 0 fully saturated rings. The molecule has 0 saturated carbocycles. The number of nitrogens with one attached hydrogen (secondary N) is 1. The number of carbonyl (C=O) groups excluding carboxylic acids is 1. The summed E-state index contributed by atoms with van der Waals surface area (Å²) in [6.07, 6.45) is 2.64. The van der Waals surface area contributed by atoms with E-state index < -0.39 is 0 Å². The molecule has 0 aliphatic heterocycles. The highest BCUT2D eigenvalue weighted by atomic mass is 16.5. The first-order chi connectivity index (χ1) is 7.44. The Morgan fingerprint density at radius 3 is 2.81 bits per heavy atom. The quantitative estimate of drug-likeness (QED) is 0.775. The lowest BCUT2D eigenvalue weighted by Gasteiger charge is -2.24. The first-order valence-electron chi connectivity index (χ1n) is 5.35. The maximum absolute atomic E-state index is 11.6. The molecule has 5 nitrogen and oxygen atoms in total. The third-order valence-electron chi connectivity index (χ3n) is 2.46. The van der Waals surface area contributed by atoms with Crippen LogP contribution in [0.5, 0.6) is 0 Å². The molecule has 0 radical (unpaired) electrons. The van der Waals surface area contributed by atoms with Crippen molar-refractivity contribution in [2.24, 2.45) is 5.73 Å². The number of amides is 1. The highest BCUT2D eigenvalue weighted by molar-refractivity contribution is 5.77. The van der Waals surface area contributed by atoms with Crippen LogP contribution in [-0.2, 0) is 11.2 Å². The third kappa shape index (κ3) is 3.66. The van der Waals surface area contributed by atoms with Crippen LogP contribution in [0, 0.1) is 6.92 Å². The van der Waals surface area contributed by atoms with Gasteiger partial charge in [-0.15, -0.1) is 0 Å². The summed E-state index contributed by atoms with van der Waals surface area (Å²) in [6, 6.07) is 0. The molecule has 0 bridgehead atoms. The van der Waals surface area contributed by atoms with Gasteiger partial charge in [-0.3, -0.25) is 4.79 Å². The van der Waals surface area contributed by atoms with Crippen molar-refractivity contribution in [3.05, 3.63) is 17.5 Å². The molecule has 0 saturated heterocycles. The zero-order valence-electron chi connectivity index (χ0n) is 10.0. The fourth-order valence-electron chi connectivity index (χ4n) is 1.29. The maximum atomic E-state index is 11.6. The molecule has 1 rings (SSSR count). The van der Waals surface area contributed by atoms with E-state index in [1.165, 1.54) is 0 Å². The van der Waals surface area contributed by atoms with Crippen LogP contribution in [0.4, 0.5) is 0 Å². The second kappa shape index (κ2) is 5.12. The predicted octanol–water partition coefficient (Wildman–Crippen LogP) is 0.769. The van der Waals surface area contributed by atoms with Gasteiger partial charge in [-0.2, -0.15) is 0 Å². The second-order valence-corrected chi connectivity index (χ2v) is 4.56. The summed E-state index contributed by atoms with van der Waals surface area (Å²) in [5.41, 5.74) is 6.99. The summed E-state index contributed by atoms with van der Waals surface area (Å²) in [4.78, 5) is 11.6. The van der Waals surface area contributed by atoms with Crippen molar-refractivity contribution in [3.8, 4) is 0 Å². The van der Waals surface area contributed by atoms with Crippen LogP contribution < -0.4 is 11.1 Å². The molecule has 0 atom stereocenters. The molecule has 1 heterocycles. The molecule has 5 heteroatoms. The van der Waals surface area contributed by atoms with Crippen molar-refractivity contribution in [3.63, 3.8) is 0 Å². The highest BCUT2D eigenvalue weighted by Crippen LogP contribution is 2.08. The Hall–Kier alpha value is -1.36. The summed E-state index contributed by atoms with van der Waals surface area (Å²) >= 11 is 0. The number of nitrogens with two attached hydrogens (primary N) is 1. The minimum Gasteiger partial charge on any atom is -0.364 e. The molecule has 1 aromatic rings. The van der Waals surface area contributed by atoms with E-state index in [2.05, 4.69) is 10.5 Å². The minimum atomic E-state index is -0.346. The summed E-state index contributed by atoms with van der Waals surface area (Å²) in [7, 11) is 0. The van der Waals surface area contributed by atoms with Gasteiger partial charge in [0.15, 0.2) is 0 Å². The van der Waals surface area contributed by atoms with Gasteiger partial charge in [-0.25, -0.2) is 0 Å². The second-order valence-electron chi connectivity index (χ2n) is 4.56. The lowest BCUT2D eigenvalue weighted by Crippen LogP contribution is -2.48. The van der Waals surface area contributed by atoms with E-state index >= 15 is 0 Å². The number of rotatable bonds is 5. The molecule has 16 heavy (non-hydrogen) atoms. The van der Waals surface area contributed by atoms with Gasteiger partial charge < -0.3 is 15.6 Å². The Morgan fingerprint density at radius 1 is 1.62 bits per heavy atom. The van der Waals surface area contributed by atoms with Gasteiger partial charge in [0, 0.05) is 24.1 Å². The smallest absolute Gasteiger partial charge is 0.220 e. The molecule has 0 aliphatic rings. The van der Waals surface area contributed by atoms with Crippen molar-refractivity contribution >= 4 is 5.91 Å². The zero-order valence-corrected chi connectivity index (χ0v) is 10.0. The van der Waals surface area contributed by atoms with Crippen LogP contribution >= 0.6 is 0 Å². The molecule has 0 aliphatic carbocycles. The van der Waals surface area contributed by atoms with Crippen LogP contribution in [0.2, 0.25) is 0 Å². The molecule has 0 aromatic carbocycles. The van der Waals surface area contributed by atoms with Crippen LogP contribution in [-0.4, -0.2) is 23.1 Å². The number of aryl methyl sites for hydroxylation is 2. The largest absolute Gasteiger partial charge is 0.364 e. The van der Waals surface area contributed by atoms with Gasteiger partial charge in [0.1, 0.15) is 6.26 Å². The van der Waals surface area contributed by atoms with E-state index in [0.717, 1.165) is 11.3 Å². The number of carbonyl (C=O) groups is 1. The Balaban J connectivity index is 2.39. The molecular weight excluding hydrogens is 206 g/mol. The van der Waals surface area contributed by atoms with Crippen molar-refractivity contribution in [2.45, 2.75) is 39.2 Å². The Bertz CT molecular complexity index is 358. The highest BCUT2D eigenvalue weighted by Gasteiger charge is 2.18. The third-order valence-corrected chi connectivity index (χ3v) is 2.46. The van der Waals surface area contributed by atoms with Gasteiger partial charge in [0.2, 0.25) is 5.91 Å². The minimum absolute atomic E-state index is 0.00366.